The summed E-state index contributed by atoms with van der Waals surface area (Å²) in [5.74, 6) is 0. The van der Waals surface area contributed by atoms with Gasteiger partial charge in [0, 0.05) is 0 Å². The van der Waals surface area contributed by atoms with Crippen LogP contribution in [0.4, 0.5) is 52.7 Å². The zero-order valence-corrected chi connectivity index (χ0v) is 29.6. The Morgan fingerprint density at radius 3 is 0.980 bits per heavy atom. The molecule has 2 aromatic rings. The summed E-state index contributed by atoms with van der Waals surface area (Å²) in [6.45, 7) is 15.0. The first-order valence-electron chi connectivity index (χ1n) is 17.0. The molecule has 286 valence electrons. The number of hydrogen-bond acceptors (Lipinski definition) is 2. The molecule has 0 saturated carbocycles. The average molecular weight is 756 g/mol. The minimum atomic E-state index is -6.31. The van der Waals surface area contributed by atoms with Crippen LogP contribution in [0.25, 0.3) is 0 Å². The number of rotatable bonds is 12. The van der Waals surface area contributed by atoms with Crippen LogP contribution in [0.3, 0.4) is 0 Å². The van der Waals surface area contributed by atoms with Crippen LogP contribution < -0.4 is 10.4 Å². The van der Waals surface area contributed by atoms with Crippen LogP contribution in [0.15, 0.2) is 48.5 Å². The molecule has 0 aromatic heterocycles. The van der Waals surface area contributed by atoms with Gasteiger partial charge in [-0.2, -0.15) is 0 Å². The van der Waals surface area contributed by atoms with Crippen molar-refractivity contribution in [1.82, 2.24) is 0 Å². The van der Waals surface area contributed by atoms with Gasteiger partial charge in [-0.3, -0.25) is 0 Å². The topological polar surface area (TPSA) is 18.5 Å². The molecule has 0 aliphatic carbocycles. The fourth-order valence-electron chi connectivity index (χ4n) is 7.21. The number of hydrogen-bond donors (Lipinski definition) is 0. The van der Waals surface area contributed by atoms with E-state index in [4.69, 9.17) is 0 Å². The van der Waals surface area contributed by atoms with Gasteiger partial charge < -0.3 is 4.48 Å². The fourth-order valence-corrected chi connectivity index (χ4v) is 12.0. The van der Waals surface area contributed by atoms with Crippen molar-refractivity contribution in [2.75, 3.05) is 26.2 Å². The summed E-state index contributed by atoms with van der Waals surface area (Å²) in [7, 11) is -6.31. The third-order valence-electron chi connectivity index (χ3n) is 9.73. The van der Waals surface area contributed by atoms with E-state index in [-0.39, 0.29) is 0 Å². The van der Waals surface area contributed by atoms with Crippen LogP contribution in [0.5, 0.6) is 0 Å². The van der Waals surface area contributed by atoms with Crippen molar-refractivity contribution in [3.05, 3.63) is 59.7 Å². The molecule has 2 aromatic carbocycles. The van der Waals surface area contributed by atoms with Gasteiger partial charge in [0.1, 0.15) is 0 Å². The number of halogens is 12. The Balaban J connectivity index is 0.000000338. The standard InChI is InChI=1S/C18H9F12O2Si.C16H36N/c19-15(20,21)13(16(22,23)24)9-5-1-3-7-11(9)33(31-13)12-8-4-2-6-10(12)14(32-33,17(25,26)27)18(28,29)30;1-5-9-13-17(14-10-6-2,15-11-7-3)16-12-8-4/h1-8,33H;5-16H2,1-4H3/q-1;+1. The molecule has 0 N–H and O–H groups in total. The van der Waals surface area contributed by atoms with Gasteiger partial charge in [-0.15, -0.1) is 0 Å². The number of fused-ring (bicyclic) bond motifs is 4. The fraction of sp³-hybridized carbons (Fsp3) is 0.647. The molecule has 2 aliphatic heterocycles. The van der Waals surface area contributed by atoms with E-state index in [0.29, 0.717) is 24.3 Å². The van der Waals surface area contributed by atoms with E-state index < -0.39 is 66.0 Å². The predicted octanol–water partition coefficient (Wildman–Crippen LogP) is 9.68. The summed E-state index contributed by atoms with van der Waals surface area (Å²) in [5.41, 5.74) is -13.7. The number of unbranched alkanes of at least 4 members (excludes halogenated alkanes) is 4. The minimum absolute atomic E-state index is 0.304. The first kappa shape index (κ1) is 42.1. The zero-order chi connectivity index (χ0) is 37.9. The second-order valence-corrected chi connectivity index (χ2v) is 16.3. The average Bonchev–Trinajstić information content (AvgIpc) is 3.53. The monoisotopic (exact) mass is 755 g/mol. The Morgan fingerprint density at radius 1 is 0.480 bits per heavy atom. The second kappa shape index (κ2) is 15.4. The number of quaternary nitrogens is 1. The van der Waals surface area contributed by atoms with Gasteiger partial charge in [-0.1, -0.05) is 53.4 Å². The summed E-state index contributed by atoms with van der Waals surface area (Å²) >= 11 is 0. The van der Waals surface area contributed by atoms with E-state index >= 15 is 0 Å². The molecule has 0 bridgehead atoms. The van der Waals surface area contributed by atoms with Crippen molar-refractivity contribution >= 4 is 18.9 Å². The van der Waals surface area contributed by atoms with Crippen molar-refractivity contribution in [3.8, 4) is 0 Å². The summed E-state index contributed by atoms with van der Waals surface area (Å²) in [5, 5.41) is -2.25. The molecule has 3 nitrogen and oxygen atoms in total. The summed E-state index contributed by atoms with van der Waals surface area (Å²) < 4.78 is 178. The molecule has 2 heterocycles. The Bertz CT molecular complexity index is 1250. The number of nitrogens with zero attached hydrogens (tertiary/aromatic N) is 1. The van der Waals surface area contributed by atoms with Gasteiger partial charge >= 0.3 is 176 Å². The van der Waals surface area contributed by atoms with Crippen LogP contribution >= 0.6 is 0 Å². The first-order valence-corrected chi connectivity index (χ1v) is 19.1. The van der Waals surface area contributed by atoms with Crippen LogP contribution in [0.1, 0.15) is 90.2 Å². The molecule has 4 rings (SSSR count). The summed E-state index contributed by atoms with van der Waals surface area (Å²) in [4.78, 5) is 0. The molecule has 50 heavy (non-hydrogen) atoms. The molecule has 0 atom stereocenters. The van der Waals surface area contributed by atoms with E-state index in [1.54, 1.807) is 0 Å². The number of alkyl halides is 12. The third kappa shape index (κ3) is 7.32. The maximum atomic E-state index is 13.9. The molecule has 0 amide bonds. The third-order valence-corrected chi connectivity index (χ3v) is 13.7. The molecule has 16 heteroatoms. The molecular weight excluding hydrogens is 710 g/mol. The zero-order valence-electron chi connectivity index (χ0n) is 28.5. The van der Waals surface area contributed by atoms with Gasteiger partial charge in [0.25, 0.3) is 0 Å². The van der Waals surface area contributed by atoms with E-state index in [9.17, 15) is 52.7 Å². The van der Waals surface area contributed by atoms with Crippen molar-refractivity contribution in [3.63, 3.8) is 0 Å². The van der Waals surface area contributed by atoms with E-state index in [2.05, 4.69) is 36.5 Å². The summed E-state index contributed by atoms with van der Waals surface area (Å²) in [6.07, 6.45) is -14.1. The normalized spacial score (nSPS) is 18.7. The SMILES string of the molecule is CCCC[N+](CCCC)(CCCC)CCCC.FC(F)(F)C1(C(F)(F)F)O[SiH-]2(OC(C(F)(F)F)(C(F)(F)F)c3ccccc32)c2ccccc21. The van der Waals surface area contributed by atoms with Gasteiger partial charge in [0.2, 0.25) is 0 Å². The molecule has 1 spiro atoms. The van der Waals surface area contributed by atoms with Gasteiger partial charge in [0.15, 0.2) is 0 Å². The van der Waals surface area contributed by atoms with Crippen molar-refractivity contribution < 1.29 is 66.0 Å². The van der Waals surface area contributed by atoms with E-state index in [1.807, 2.05) is 0 Å². The van der Waals surface area contributed by atoms with Crippen LogP contribution in [-0.4, -0.2) is 63.9 Å². The van der Waals surface area contributed by atoms with Crippen molar-refractivity contribution in [1.29, 1.82) is 0 Å². The summed E-state index contributed by atoms with van der Waals surface area (Å²) in [6, 6.07) is 4.95. The Kier molecular flexibility index (Phi) is 12.9. The Hall–Kier alpha value is -2.30. The van der Waals surface area contributed by atoms with Gasteiger partial charge in [-0.05, 0) is 25.7 Å². The van der Waals surface area contributed by atoms with Crippen LogP contribution in [0, 0.1) is 0 Å². The van der Waals surface area contributed by atoms with Crippen molar-refractivity contribution in [2.24, 2.45) is 0 Å². The van der Waals surface area contributed by atoms with Gasteiger partial charge in [0.05, 0.1) is 26.2 Å². The second-order valence-electron chi connectivity index (χ2n) is 13.1. The maximum absolute atomic E-state index is 13.9. The predicted molar refractivity (Wildman–Crippen MR) is 168 cm³/mol. The first-order chi connectivity index (χ1) is 23.1. The molecule has 2 aliphatic rings. The van der Waals surface area contributed by atoms with Crippen molar-refractivity contribution in [2.45, 2.75) is 115 Å². The van der Waals surface area contributed by atoms with Crippen LogP contribution in [-0.2, 0) is 20.1 Å². The molecule has 0 saturated heterocycles. The Morgan fingerprint density at radius 2 is 0.740 bits per heavy atom. The van der Waals surface area contributed by atoms with E-state index in [0.717, 1.165) is 24.3 Å². The van der Waals surface area contributed by atoms with Crippen LogP contribution in [0.2, 0.25) is 0 Å². The quantitative estimate of drug-likeness (QED) is 0.122. The molecular formula is C34H45F12NO2Si. The molecule has 0 radical (unpaired) electrons. The number of benzene rings is 2. The molecule has 0 fully saturated rings. The molecule has 0 unspecified atom stereocenters. The van der Waals surface area contributed by atoms with E-state index in [1.165, 1.54) is 82.0 Å². The van der Waals surface area contributed by atoms with Gasteiger partial charge in [-0.25, -0.2) is 0 Å². The Labute approximate surface area is 285 Å².